The molecular weight excluding hydrogens is 127 g/mol. The fourth-order valence-electron chi connectivity index (χ4n) is 0.337. The molecule has 0 bridgehead atoms. The summed E-state index contributed by atoms with van der Waals surface area (Å²) in [7, 11) is 0. The van der Waals surface area contributed by atoms with Gasteiger partial charge in [-0.1, -0.05) is 19.8 Å². The van der Waals surface area contributed by atoms with Crippen molar-refractivity contribution in [2.75, 3.05) is 0 Å². The molecule has 0 heterocycles. The van der Waals surface area contributed by atoms with Crippen molar-refractivity contribution in [3.8, 4) is 0 Å². The zero-order valence-corrected chi connectivity index (χ0v) is 8.22. The average Bonchev–Trinajstić information content (AvgIpc) is 1.61. The molecule has 0 unspecified atom stereocenters. The van der Waals surface area contributed by atoms with Gasteiger partial charge in [-0.3, -0.25) is 11.2 Å². The Morgan fingerprint density at radius 1 is 1.67 bits per heavy atom. The molecule has 0 rings (SSSR count). The fourth-order valence-corrected chi connectivity index (χ4v) is 0.337. The second-order valence-corrected chi connectivity index (χ2v) is 2.17. The predicted octanol–water partition coefficient (Wildman–Crippen LogP) is -1.67. The van der Waals surface area contributed by atoms with Crippen molar-refractivity contribution in [3.05, 3.63) is 6.42 Å². The average molecular weight is 138 g/mol. The molecule has 0 fully saturated rings. The fraction of sp³-hybridized carbons (Fsp3) is 0.667. The molecule has 1 N–H and O–H groups in total. The molecule has 0 aliphatic heterocycles. The summed E-state index contributed by atoms with van der Waals surface area (Å²) in [4.78, 5) is 9.85. The predicted molar refractivity (Wildman–Crippen MR) is 31.4 cm³/mol. The van der Waals surface area contributed by atoms with Crippen LogP contribution in [-0.4, -0.2) is 11.1 Å². The van der Waals surface area contributed by atoms with Gasteiger partial charge in [0.15, 0.2) is 5.97 Å². The van der Waals surface area contributed by atoms with E-state index in [1.165, 1.54) is 6.42 Å². The van der Waals surface area contributed by atoms with Crippen molar-refractivity contribution in [1.29, 1.82) is 0 Å². The van der Waals surface area contributed by atoms with Crippen LogP contribution in [0.5, 0.6) is 0 Å². The third-order valence-corrected chi connectivity index (χ3v) is 0.764. The summed E-state index contributed by atoms with van der Waals surface area (Å²) in [5.41, 5.74) is 0. The smallest absolute Gasteiger partial charge is 0.503 e. The number of aliphatic carboxylic acids is 1. The Kier molecular flexibility index (Phi) is 8.66. The third kappa shape index (κ3) is 11.8. The van der Waals surface area contributed by atoms with Gasteiger partial charge in [0.2, 0.25) is 0 Å². The Balaban J connectivity index is 0. The first-order chi connectivity index (χ1) is 3.63. The number of rotatable bonds is 3. The van der Waals surface area contributed by atoms with E-state index in [1.54, 1.807) is 0 Å². The first kappa shape index (κ1) is 12.1. The SMILES string of the molecule is CC(C)C[CH-]C(=O)O.[Na+]. The second-order valence-electron chi connectivity index (χ2n) is 2.17. The van der Waals surface area contributed by atoms with E-state index >= 15 is 0 Å². The molecule has 9 heavy (non-hydrogen) atoms. The van der Waals surface area contributed by atoms with E-state index in [-0.39, 0.29) is 29.6 Å². The van der Waals surface area contributed by atoms with Gasteiger partial charge in [0.05, 0.1) is 0 Å². The first-order valence-electron chi connectivity index (χ1n) is 2.69. The zero-order valence-electron chi connectivity index (χ0n) is 6.22. The van der Waals surface area contributed by atoms with Crippen LogP contribution in [0, 0.1) is 12.3 Å². The second kappa shape index (κ2) is 6.46. The van der Waals surface area contributed by atoms with Crippen LogP contribution in [-0.2, 0) is 4.79 Å². The van der Waals surface area contributed by atoms with Crippen LogP contribution in [0.3, 0.4) is 0 Å². The van der Waals surface area contributed by atoms with Crippen molar-refractivity contribution in [2.24, 2.45) is 5.92 Å². The summed E-state index contributed by atoms with van der Waals surface area (Å²) < 4.78 is 0. The summed E-state index contributed by atoms with van der Waals surface area (Å²) in [6.45, 7) is 3.97. The van der Waals surface area contributed by atoms with E-state index < -0.39 is 5.97 Å². The summed E-state index contributed by atoms with van der Waals surface area (Å²) >= 11 is 0. The molecule has 0 saturated carbocycles. The normalized spacial score (nSPS) is 8.33. The molecule has 0 aromatic rings. The number of carbonyl (C=O) groups is 1. The molecule has 0 radical (unpaired) electrons. The maximum absolute atomic E-state index is 9.85. The number of carboxylic acids is 1. The molecule has 0 aromatic heterocycles. The van der Waals surface area contributed by atoms with Gasteiger partial charge in [-0.05, 0) is 0 Å². The van der Waals surface area contributed by atoms with Crippen molar-refractivity contribution >= 4 is 5.97 Å². The molecule has 0 spiro atoms. The largest absolute Gasteiger partial charge is 1.00 e. The van der Waals surface area contributed by atoms with Crippen LogP contribution in [0.1, 0.15) is 20.3 Å². The van der Waals surface area contributed by atoms with Crippen LogP contribution in [0.15, 0.2) is 0 Å². The monoisotopic (exact) mass is 138 g/mol. The molecule has 0 aliphatic rings. The minimum absolute atomic E-state index is 0. The first-order valence-corrected chi connectivity index (χ1v) is 2.69. The van der Waals surface area contributed by atoms with E-state index in [2.05, 4.69) is 0 Å². The molecular formula is C6H11NaO2. The van der Waals surface area contributed by atoms with Gasteiger partial charge in [0, 0.05) is 0 Å². The number of carboxylic acid groups (broad SMARTS) is 1. The maximum atomic E-state index is 9.85. The number of hydrogen-bond acceptors (Lipinski definition) is 1. The minimum Gasteiger partial charge on any atom is -0.503 e. The van der Waals surface area contributed by atoms with Crippen LogP contribution in [0.4, 0.5) is 0 Å². The Morgan fingerprint density at radius 3 is 2.22 bits per heavy atom. The van der Waals surface area contributed by atoms with Crippen molar-refractivity contribution < 1.29 is 39.5 Å². The quantitative estimate of drug-likeness (QED) is 0.374. The van der Waals surface area contributed by atoms with Crippen LogP contribution >= 0.6 is 0 Å². The van der Waals surface area contributed by atoms with E-state index in [0.717, 1.165) is 0 Å². The summed E-state index contributed by atoms with van der Waals surface area (Å²) in [6.07, 6.45) is 1.94. The van der Waals surface area contributed by atoms with Gasteiger partial charge in [-0.2, -0.15) is 6.42 Å². The van der Waals surface area contributed by atoms with Gasteiger partial charge in [-0.15, -0.1) is 0 Å². The molecule has 0 saturated heterocycles. The topological polar surface area (TPSA) is 37.3 Å². The van der Waals surface area contributed by atoms with E-state index in [9.17, 15) is 4.79 Å². The molecule has 0 aliphatic carbocycles. The maximum Gasteiger partial charge on any atom is 1.00 e. The standard InChI is InChI=1S/C6H11O2.Na/c1-5(2)3-4-6(7)8;/h4-5H,3H2,1-2H3,(H,7,8);/q-1;+1. The Bertz CT molecular complexity index is 81.1. The summed E-state index contributed by atoms with van der Waals surface area (Å²) in [5, 5.41) is 8.11. The summed E-state index contributed by atoms with van der Waals surface area (Å²) in [5.74, 6) is -0.371. The Morgan fingerprint density at radius 2 is 2.11 bits per heavy atom. The minimum atomic E-state index is -0.821. The van der Waals surface area contributed by atoms with Crippen molar-refractivity contribution in [3.63, 3.8) is 0 Å². The van der Waals surface area contributed by atoms with E-state index in [1.807, 2.05) is 13.8 Å². The van der Waals surface area contributed by atoms with Crippen LogP contribution in [0.25, 0.3) is 0 Å². The molecule has 0 aromatic carbocycles. The van der Waals surface area contributed by atoms with E-state index in [4.69, 9.17) is 5.11 Å². The molecule has 2 nitrogen and oxygen atoms in total. The van der Waals surface area contributed by atoms with Crippen LogP contribution in [0.2, 0.25) is 0 Å². The zero-order chi connectivity index (χ0) is 6.57. The summed E-state index contributed by atoms with van der Waals surface area (Å²) in [6, 6.07) is 0. The van der Waals surface area contributed by atoms with Gasteiger partial charge in [0.25, 0.3) is 0 Å². The molecule has 3 heteroatoms. The Hall–Kier alpha value is 0.340. The molecule has 0 atom stereocenters. The van der Waals surface area contributed by atoms with Gasteiger partial charge in [0.1, 0.15) is 0 Å². The van der Waals surface area contributed by atoms with E-state index in [0.29, 0.717) is 12.3 Å². The van der Waals surface area contributed by atoms with Gasteiger partial charge < -0.3 is 5.11 Å². The third-order valence-electron chi connectivity index (χ3n) is 0.764. The Labute approximate surface area is 77.9 Å². The van der Waals surface area contributed by atoms with Crippen LogP contribution < -0.4 is 29.6 Å². The van der Waals surface area contributed by atoms with Crippen molar-refractivity contribution in [2.45, 2.75) is 20.3 Å². The van der Waals surface area contributed by atoms with Gasteiger partial charge >= 0.3 is 29.6 Å². The molecule has 0 amide bonds. The van der Waals surface area contributed by atoms with Gasteiger partial charge in [-0.25, -0.2) is 0 Å². The molecule has 48 valence electrons. The van der Waals surface area contributed by atoms with Crippen molar-refractivity contribution in [1.82, 2.24) is 0 Å². The number of hydrogen-bond donors (Lipinski definition) is 1.